The van der Waals surface area contributed by atoms with E-state index in [1.54, 1.807) is 0 Å². The number of ether oxygens (including phenoxy) is 1. The van der Waals surface area contributed by atoms with Crippen LogP contribution >= 0.6 is 0 Å². The average molecular weight is 243 g/mol. The van der Waals surface area contributed by atoms with Crippen molar-refractivity contribution in [3.05, 3.63) is 35.7 Å². The monoisotopic (exact) mass is 243 g/mol. The molecule has 4 heteroatoms. The van der Waals surface area contributed by atoms with Crippen LogP contribution in [0.3, 0.4) is 0 Å². The van der Waals surface area contributed by atoms with Crippen LogP contribution in [0.1, 0.15) is 19.4 Å². The van der Waals surface area contributed by atoms with E-state index in [2.05, 4.69) is 17.2 Å². The van der Waals surface area contributed by atoms with E-state index in [0.29, 0.717) is 0 Å². The Bertz CT molecular complexity index is 625. The van der Waals surface area contributed by atoms with Crippen molar-refractivity contribution in [2.24, 2.45) is 5.73 Å². The predicted molar refractivity (Wildman–Crippen MR) is 71.5 cm³/mol. The SMILES string of the molecule is CC1=CCc2c(ccc3cnn(C[C@H](C)N)c23)O1. The minimum atomic E-state index is 0.0887. The van der Waals surface area contributed by atoms with Gasteiger partial charge >= 0.3 is 0 Å². The topological polar surface area (TPSA) is 53.1 Å². The highest BCUT2D eigenvalue weighted by molar-refractivity contribution is 5.85. The molecule has 0 saturated carbocycles. The number of benzene rings is 1. The lowest BCUT2D eigenvalue weighted by Crippen LogP contribution is -2.23. The van der Waals surface area contributed by atoms with Crippen LogP contribution in [-0.2, 0) is 13.0 Å². The fraction of sp³-hybridized carbons (Fsp3) is 0.357. The standard InChI is InChI=1S/C14H17N3O/c1-9(15)8-17-14-11(7-16-17)4-6-13-12(14)5-3-10(2)18-13/h3-4,6-7,9H,5,8,15H2,1-2H3/t9-/m0/s1. The maximum atomic E-state index is 5.87. The molecule has 4 nitrogen and oxygen atoms in total. The van der Waals surface area contributed by atoms with Gasteiger partial charge in [0, 0.05) is 17.0 Å². The normalized spacial score (nSPS) is 16.1. The van der Waals surface area contributed by atoms with E-state index < -0.39 is 0 Å². The summed E-state index contributed by atoms with van der Waals surface area (Å²) in [5, 5.41) is 5.57. The van der Waals surface area contributed by atoms with E-state index >= 15 is 0 Å². The van der Waals surface area contributed by atoms with Gasteiger partial charge in [0.2, 0.25) is 0 Å². The first-order chi connectivity index (χ1) is 8.65. The molecule has 0 fully saturated rings. The number of hydrogen-bond donors (Lipinski definition) is 1. The molecular weight excluding hydrogens is 226 g/mol. The lowest BCUT2D eigenvalue weighted by Gasteiger charge is -2.18. The number of fused-ring (bicyclic) bond motifs is 3. The zero-order chi connectivity index (χ0) is 12.7. The highest BCUT2D eigenvalue weighted by Crippen LogP contribution is 2.32. The molecule has 2 N–H and O–H groups in total. The van der Waals surface area contributed by atoms with Crippen LogP contribution in [0.15, 0.2) is 30.2 Å². The quantitative estimate of drug-likeness (QED) is 0.880. The van der Waals surface area contributed by atoms with Gasteiger partial charge in [0.25, 0.3) is 0 Å². The van der Waals surface area contributed by atoms with Gasteiger partial charge in [-0.25, -0.2) is 0 Å². The molecule has 1 aliphatic heterocycles. The summed E-state index contributed by atoms with van der Waals surface area (Å²) in [6, 6.07) is 4.16. The number of rotatable bonds is 2. The van der Waals surface area contributed by atoms with Crippen LogP contribution in [-0.4, -0.2) is 15.8 Å². The molecular formula is C14H17N3O. The largest absolute Gasteiger partial charge is 0.462 e. The second-order valence-corrected chi connectivity index (χ2v) is 4.91. The van der Waals surface area contributed by atoms with Crippen LogP contribution in [0.2, 0.25) is 0 Å². The Labute approximate surface area is 106 Å². The van der Waals surface area contributed by atoms with Crippen molar-refractivity contribution in [2.75, 3.05) is 0 Å². The predicted octanol–water partition coefficient (Wildman–Crippen LogP) is 2.22. The van der Waals surface area contributed by atoms with E-state index in [0.717, 1.165) is 35.4 Å². The Morgan fingerprint density at radius 1 is 1.50 bits per heavy atom. The van der Waals surface area contributed by atoms with Crippen molar-refractivity contribution in [2.45, 2.75) is 32.9 Å². The third kappa shape index (κ3) is 1.78. The van der Waals surface area contributed by atoms with Crippen molar-refractivity contribution in [1.82, 2.24) is 9.78 Å². The third-order valence-electron chi connectivity index (χ3n) is 3.19. The van der Waals surface area contributed by atoms with Gasteiger partial charge in [0.1, 0.15) is 5.75 Å². The summed E-state index contributed by atoms with van der Waals surface area (Å²) in [5.74, 6) is 1.90. The zero-order valence-electron chi connectivity index (χ0n) is 10.7. The molecule has 1 aromatic heterocycles. The number of aromatic nitrogens is 2. The van der Waals surface area contributed by atoms with E-state index in [9.17, 15) is 0 Å². The fourth-order valence-electron chi connectivity index (χ4n) is 2.40. The van der Waals surface area contributed by atoms with Gasteiger partial charge in [-0.1, -0.05) is 0 Å². The molecule has 3 rings (SSSR count). The minimum Gasteiger partial charge on any atom is -0.462 e. The summed E-state index contributed by atoms with van der Waals surface area (Å²) in [7, 11) is 0. The maximum absolute atomic E-state index is 5.87. The second-order valence-electron chi connectivity index (χ2n) is 4.91. The van der Waals surface area contributed by atoms with Gasteiger partial charge in [0.15, 0.2) is 0 Å². The van der Waals surface area contributed by atoms with E-state index in [-0.39, 0.29) is 6.04 Å². The summed E-state index contributed by atoms with van der Waals surface area (Å²) < 4.78 is 7.74. The Kier molecular flexibility index (Phi) is 2.59. The maximum Gasteiger partial charge on any atom is 0.132 e. The Hall–Kier alpha value is -1.81. The van der Waals surface area contributed by atoms with Gasteiger partial charge in [-0.05, 0) is 38.5 Å². The molecule has 0 amide bonds. The Morgan fingerprint density at radius 2 is 2.33 bits per heavy atom. The molecule has 94 valence electrons. The minimum absolute atomic E-state index is 0.0887. The molecule has 1 atom stereocenters. The number of nitrogens with two attached hydrogens (primary N) is 1. The van der Waals surface area contributed by atoms with Crippen molar-refractivity contribution in [3.8, 4) is 5.75 Å². The molecule has 0 bridgehead atoms. The molecule has 0 saturated heterocycles. The first-order valence-electron chi connectivity index (χ1n) is 6.23. The van der Waals surface area contributed by atoms with Crippen molar-refractivity contribution in [3.63, 3.8) is 0 Å². The van der Waals surface area contributed by atoms with Crippen LogP contribution < -0.4 is 10.5 Å². The highest BCUT2D eigenvalue weighted by Gasteiger charge is 2.17. The molecule has 2 aromatic rings. The molecule has 2 heterocycles. The van der Waals surface area contributed by atoms with Crippen molar-refractivity contribution >= 4 is 10.9 Å². The lowest BCUT2D eigenvalue weighted by molar-refractivity contribution is 0.412. The Morgan fingerprint density at radius 3 is 3.11 bits per heavy atom. The van der Waals surface area contributed by atoms with E-state index in [1.165, 1.54) is 5.56 Å². The van der Waals surface area contributed by atoms with Crippen molar-refractivity contribution < 1.29 is 4.74 Å². The highest BCUT2D eigenvalue weighted by atomic mass is 16.5. The number of nitrogens with zero attached hydrogens (tertiary/aromatic N) is 2. The molecule has 18 heavy (non-hydrogen) atoms. The first kappa shape index (κ1) is 11.3. The molecule has 0 spiro atoms. The smallest absolute Gasteiger partial charge is 0.132 e. The van der Waals surface area contributed by atoms with Crippen LogP contribution in [0.4, 0.5) is 0 Å². The number of allylic oxidation sites excluding steroid dienone is 2. The van der Waals surface area contributed by atoms with Gasteiger partial charge < -0.3 is 10.5 Å². The molecule has 0 radical (unpaired) electrons. The average Bonchev–Trinajstić information content (AvgIpc) is 2.71. The van der Waals surface area contributed by atoms with E-state index in [4.69, 9.17) is 10.5 Å². The lowest BCUT2D eigenvalue weighted by atomic mass is 10.0. The zero-order valence-corrected chi connectivity index (χ0v) is 10.7. The first-order valence-corrected chi connectivity index (χ1v) is 6.23. The van der Waals surface area contributed by atoms with Gasteiger partial charge in [-0.2, -0.15) is 5.10 Å². The van der Waals surface area contributed by atoms with Crippen LogP contribution in [0, 0.1) is 0 Å². The van der Waals surface area contributed by atoms with Gasteiger partial charge in [-0.15, -0.1) is 0 Å². The summed E-state index contributed by atoms with van der Waals surface area (Å²) in [6.07, 6.45) is 4.89. The Balaban J connectivity index is 2.16. The summed E-state index contributed by atoms with van der Waals surface area (Å²) in [6.45, 7) is 4.69. The van der Waals surface area contributed by atoms with Gasteiger partial charge in [0.05, 0.1) is 24.0 Å². The molecule has 1 aliphatic rings. The van der Waals surface area contributed by atoms with E-state index in [1.807, 2.05) is 30.8 Å². The van der Waals surface area contributed by atoms with Crippen LogP contribution in [0.5, 0.6) is 5.75 Å². The summed E-state index contributed by atoms with van der Waals surface area (Å²) in [4.78, 5) is 0. The fourth-order valence-corrected chi connectivity index (χ4v) is 2.40. The molecule has 0 unspecified atom stereocenters. The summed E-state index contributed by atoms with van der Waals surface area (Å²) in [5.41, 5.74) is 8.22. The molecule has 1 aromatic carbocycles. The number of hydrogen-bond acceptors (Lipinski definition) is 3. The van der Waals surface area contributed by atoms with Crippen molar-refractivity contribution in [1.29, 1.82) is 0 Å². The summed E-state index contributed by atoms with van der Waals surface area (Å²) >= 11 is 0. The second kappa shape index (κ2) is 4.14. The van der Waals surface area contributed by atoms with Gasteiger partial charge in [-0.3, -0.25) is 4.68 Å². The third-order valence-corrected chi connectivity index (χ3v) is 3.19. The molecule has 0 aliphatic carbocycles. The van der Waals surface area contributed by atoms with Crippen LogP contribution in [0.25, 0.3) is 10.9 Å².